The molecule has 0 aliphatic carbocycles. The molecule has 0 saturated heterocycles. The van der Waals surface area contributed by atoms with Crippen LogP contribution in [0.5, 0.6) is 0 Å². The molecule has 0 unspecified atom stereocenters. The molecule has 0 aromatic carbocycles. The zero-order chi connectivity index (χ0) is 6.24. The number of aliphatic hydroxyl groups is 1. The van der Waals surface area contributed by atoms with Gasteiger partial charge in [0.2, 0.25) is 0 Å². The van der Waals surface area contributed by atoms with Gasteiger partial charge in [-0.2, -0.15) is 0 Å². The second-order valence-corrected chi connectivity index (χ2v) is 2.67. The molecular formula is C6H13OS. The Hall–Kier alpha value is 0.310. The first-order valence-electron chi connectivity index (χ1n) is 2.89. The number of hydrogen-bond donors (Lipinski definition) is 1. The summed E-state index contributed by atoms with van der Waals surface area (Å²) < 4.78 is 0. The van der Waals surface area contributed by atoms with Crippen LogP contribution < -0.4 is 0 Å². The Balaban J connectivity index is 2.53. The summed E-state index contributed by atoms with van der Waals surface area (Å²) in [5.74, 6) is 1.34. The maximum atomic E-state index is 8.31. The lowest BCUT2D eigenvalue weighted by Gasteiger charge is -1.93. The smallest absolute Gasteiger partial charge is 0.0885 e. The molecule has 2 heteroatoms. The van der Waals surface area contributed by atoms with Crippen molar-refractivity contribution in [1.82, 2.24) is 0 Å². The van der Waals surface area contributed by atoms with E-state index in [0.717, 1.165) is 12.2 Å². The van der Waals surface area contributed by atoms with Gasteiger partial charge in [-0.3, -0.25) is 0 Å². The van der Waals surface area contributed by atoms with Crippen LogP contribution in [0.2, 0.25) is 0 Å². The molecule has 1 radical (unpaired) electrons. The number of aliphatic hydroxyl groups excluding tert-OH is 1. The molecule has 49 valence electrons. The van der Waals surface area contributed by atoms with Gasteiger partial charge in [-0.1, -0.05) is 19.8 Å². The molecule has 8 heavy (non-hydrogen) atoms. The van der Waals surface area contributed by atoms with E-state index in [0.29, 0.717) is 0 Å². The standard InChI is InChI=1S/C6H13OS/c1-2-3-4-5-8-6-7/h7H,1-6H2. The van der Waals surface area contributed by atoms with Gasteiger partial charge >= 0.3 is 0 Å². The van der Waals surface area contributed by atoms with E-state index >= 15 is 0 Å². The third kappa shape index (κ3) is 6.31. The van der Waals surface area contributed by atoms with Gasteiger partial charge < -0.3 is 5.11 Å². The second-order valence-electron chi connectivity index (χ2n) is 1.60. The zero-order valence-electron chi connectivity index (χ0n) is 5.10. The highest BCUT2D eigenvalue weighted by molar-refractivity contribution is 7.99. The molecule has 0 atom stereocenters. The number of hydrogen-bond acceptors (Lipinski definition) is 2. The molecule has 0 fully saturated rings. The molecule has 0 saturated carbocycles. The van der Waals surface area contributed by atoms with Crippen molar-refractivity contribution in [3.05, 3.63) is 6.92 Å². The lowest BCUT2D eigenvalue weighted by molar-refractivity contribution is 0.375. The zero-order valence-corrected chi connectivity index (χ0v) is 5.91. The highest BCUT2D eigenvalue weighted by atomic mass is 32.2. The third-order valence-corrected chi connectivity index (χ3v) is 1.64. The maximum absolute atomic E-state index is 8.31. The van der Waals surface area contributed by atoms with Crippen LogP contribution in [0, 0.1) is 6.92 Å². The minimum atomic E-state index is 0.261. The lowest BCUT2D eigenvalue weighted by atomic mass is 10.3. The molecule has 0 aliphatic rings. The first-order valence-corrected chi connectivity index (χ1v) is 4.05. The Labute approximate surface area is 55.5 Å². The Morgan fingerprint density at radius 3 is 2.62 bits per heavy atom. The third-order valence-electron chi connectivity index (χ3n) is 0.880. The van der Waals surface area contributed by atoms with E-state index in [1.807, 2.05) is 0 Å². The van der Waals surface area contributed by atoms with Gasteiger partial charge in [0, 0.05) is 0 Å². The highest BCUT2D eigenvalue weighted by Gasteiger charge is 1.84. The van der Waals surface area contributed by atoms with E-state index < -0.39 is 0 Å². The van der Waals surface area contributed by atoms with Crippen LogP contribution in [0.25, 0.3) is 0 Å². The monoisotopic (exact) mass is 133 g/mol. The summed E-state index contributed by atoms with van der Waals surface area (Å²) in [6, 6.07) is 0. The number of rotatable bonds is 5. The van der Waals surface area contributed by atoms with Crippen molar-refractivity contribution < 1.29 is 5.11 Å². The quantitative estimate of drug-likeness (QED) is 0.455. The van der Waals surface area contributed by atoms with Crippen molar-refractivity contribution in [3.63, 3.8) is 0 Å². The van der Waals surface area contributed by atoms with Gasteiger partial charge in [-0.25, -0.2) is 0 Å². The molecule has 1 nitrogen and oxygen atoms in total. The van der Waals surface area contributed by atoms with Gasteiger partial charge in [0.25, 0.3) is 0 Å². The average Bonchev–Trinajstić information content (AvgIpc) is 1.81. The van der Waals surface area contributed by atoms with Crippen LogP contribution in [0.15, 0.2) is 0 Å². The Kier molecular flexibility index (Phi) is 7.59. The highest BCUT2D eigenvalue weighted by Crippen LogP contribution is 2.03. The van der Waals surface area contributed by atoms with Gasteiger partial charge in [-0.15, -0.1) is 11.8 Å². The van der Waals surface area contributed by atoms with Crippen molar-refractivity contribution in [3.8, 4) is 0 Å². The molecular weight excluding hydrogens is 120 g/mol. The molecule has 0 aromatic rings. The normalized spacial score (nSPS) is 9.75. The predicted octanol–water partition coefficient (Wildman–Crippen LogP) is 1.67. The number of unbranched alkanes of at least 4 members (excludes halogenated alkanes) is 2. The van der Waals surface area contributed by atoms with Gasteiger partial charge in [0.1, 0.15) is 0 Å². The maximum Gasteiger partial charge on any atom is 0.0885 e. The molecule has 0 bridgehead atoms. The fourth-order valence-corrected chi connectivity index (χ4v) is 0.983. The van der Waals surface area contributed by atoms with Gasteiger partial charge in [-0.05, 0) is 12.2 Å². The van der Waals surface area contributed by atoms with E-state index in [9.17, 15) is 0 Å². The number of thioether (sulfide) groups is 1. The van der Waals surface area contributed by atoms with Crippen molar-refractivity contribution in [2.45, 2.75) is 19.3 Å². The topological polar surface area (TPSA) is 20.2 Å². The summed E-state index contributed by atoms with van der Waals surface area (Å²) in [4.78, 5) is 0. The van der Waals surface area contributed by atoms with Crippen LogP contribution in [-0.2, 0) is 0 Å². The van der Waals surface area contributed by atoms with Crippen LogP contribution in [0.4, 0.5) is 0 Å². The van der Waals surface area contributed by atoms with Crippen molar-refractivity contribution in [2.75, 3.05) is 11.7 Å². The van der Waals surface area contributed by atoms with E-state index in [2.05, 4.69) is 6.92 Å². The van der Waals surface area contributed by atoms with E-state index in [1.165, 1.54) is 12.8 Å². The molecule has 1 N–H and O–H groups in total. The van der Waals surface area contributed by atoms with E-state index in [4.69, 9.17) is 5.11 Å². The fourth-order valence-electron chi connectivity index (χ4n) is 0.445. The summed E-state index contributed by atoms with van der Waals surface area (Å²) in [5.41, 5.74) is 0. The Bertz CT molecular complexity index is 33.5. The Morgan fingerprint density at radius 2 is 2.12 bits per heavy atom. The minimum Gasteiger partial charge on any atom is -0.386 e. The molecule has 0 amide bonds. The van der Waals surface area contributed by atoms with Crippen molar-refractivity contribution in [1.29, 1.82) is 0 Å². The van der Waals surface area contributed by atoms with Crippen molar-refractivity contribution in [2.24, 2.45) is 0 Å². The molecule has 0 rings (SSSR count). The van der Waals surface area contributed by atoms with E-state index in [1.54, 1.807) is 11.8 Å². The molecule has 0 heterocycles. The molecule has 0 spiro atoms. The lowest BCUT2D eigenvalue weighted by Crippen LogP contribution is -1.80. The van der Waals surface area contributed by atoms with Gasteiger partial charge in [0.05, 0.1) is 5.94 Å². The van der Waals surface area contributed by atoms with Crippen LogP contribution >= 0.6 is 11.8 Å². The Morgan fingerprint density at radius 1 is 1.38 bits per heavy atom. The summed E-state index contributed by atoms with van der Waals surface area (Å²) >= 11 is 1.58. The summed E-state index contributed by atoms with van der Waals surface area (Å²) in [6.07, 6.45) is 3.40. The first-order chi connectivity index (χ1) is 3.91. The average molecular weight is 133 g/mol. The SMILES string of the molecule is [CH2]CCCCSCO. The van der Waals surface area contributed by atoms with Crippen LogP contribution in [0.3, 0.4) is 0 Å². The predicted molar refractivity (Wildman–Crippen MR) is 38.8 cm³/mol. The minimum absolute atomic E-state index is 0.261. The van der Waals surface area contributed by atoms with E-state index in [-0.39, 0.29) is 5.94 Å². The van der Waals surface area contributed by atoms with Crippen molar-refractivity contribution >= 4 is 11.8 Å². The van der Waals surface area contributed by atoms with Gasteiger partial charge in [0.15, 0.2) is 0 Å². The fraction of sp³-hybridized carbons (Fsp3) is 0.833. The summed E-state index contributed by atoms with van der Waals surface area (Å²) in [7, 11) is 0. The molecule has 0 aromatic heterocycles. The van der Waals surface area contributed by atoms with Crippen LogP contribution in [-0.4, -0.2) is 16.8 Å². The summed E-state index contributed by atoms with van der Waals surface area (Å²) in [5, 5.41) is 8.31. The largest absolute Gasteiger partial charge is 0.386 e. The first kappa shape index (κ1) is 8.31. The molecule has 0 aliphatic heterocycles. The van der Waals surface area contributed by atoms with Crippen LogP contribution in [0.1, 0.15) is 19.3 Å². The summed E-state index contributed by atoms with van der Waals surface area (Å²) in [6.45, 7) is 3.71. The second kappa shape index (κ2) is 7.31.